The molecule has 206 valence electrons. The van der Waals surface area contributed by atoms with Crippen LogP contribution in [-0.4, -0.2) is 53.9 Å². The number of pyridine rings is 1. The average Bonchev–Trinajstić information content (AvgIpc) is 2.92. The van der Waals surface area contributed by atoms with Crippen LogP contribution in [0.15, 0.2) is 60.9 Å². The van der Waals surface area contributed by atoms with Crippen molar-refractivity contribution in [2.75, 3.05) is 25.0 Å². The monoisotopic (exact) mass is 542 g/mol. The fraction of sp³-hybridized carbons (Fsp3) is 0.321. The highest BCUT2D eigenvalue weighted by Crippen LogP contribution is 2.30. The third kappa shape index (κ3) is 8.01. The van der Waals surface area contributed by atoms with Gasteiger partial charge < -0.3 is 25.8 Å². The van der Waals surface area contributed by atoms with Crippen LogP contribution in [0.2, 0.25) is 0 Å². The van der Waals surface area contributed by atoms with Crippen molar-refractivity contribution >= 4 is 17.7 Å². The number of morpholine rings is 1. The average molecular weight is 543 g/mol. The second-order valence-electron chi connectivity index (χ2n) is 9.34. The summed E-state index contributed by atoms with van der Waals surface area (Å²) in [7, 11) is 0. The zero-order valence-electron chi connectivity index (χ0n) is 21.0. The number of anilines is 1. The van der Waals surface area contributed by atoms with Crippen LogP contribution in [-0.2, 0) is 16.0 Å². The van der Waals surface area contributed by atoms with Gasteiger partial charge >= 0.3 is 6.09 Å². The molecule has 1 aromatic heterocycles. The van der Waals surface area contributed by atoms with Crippen LogP contribution in [0.3, 0.4) is 0 Å². The molecule has 0 aliphatic carbocycles. The summed E-state index contributed by atoms with van der Waals surface area (Å²) in [4.78, 5) is 27.7. The molecule has 3 aromatic rings. The lowest BCUT2D eigenvalue weighted by Crippen LogP contribution is -2.51. The Morgan fingerprint density at radius 1 is 1.03 bits per heavy atom. The van der Waals surface area contributed by atoms with E-state index in [0.717, 1.165) is 6.20 Å². The van der Waals surface area contributed by atoms with Gasteiger partial charge in [-0.2, -0.15) is 0 Å². The lowest BCUT2D eigenvalue weighted by molar-refractivity contribution is -0.116. The van der Waals surface area contributed by atoms with Crippen molar-refractivity contribution in [2.24, 2.45) is 0 Å². The Morgan fingerprint density at radius 2 is 1.67 bits per heavy atom. The Morgan fingerprint density at radius 3 is 2.23 bits per heavy atom. The molecule has 4 N–H and O–H groups in total. The van der Waals surface area contributed by atoms with Gasteiger partial charge in [0.05, 0.1) is 30.8 Å². The Kier molecular flexibility index (Phi) is 9.50. The standard InChI is InChI=1S/C28H29F3N4O4/c29-19-5-1-17(2-6-19)24(18-3-7-20(30)8-4-18)11-27(36)35-26-15-32-14-25(31)23(26)10-9-22-13-33-21(16-39-22)12-34-28(37)38/h1-8,14-15,21-22,24,33-34H,9-13,16H2,(H,35,36)(H,37,38)/t21-,22-/m1/s1. The van der Waals surface area contributed by atoms with E-state index in [1.807, 2.05) is 0 Å². The number of nitrogens with zero attached hydrogens (tertiary/aromatic N) is 1. The Hall–Kier alpha value is -3.96. The highest BCUT2D eigenvalue weighted by molar-refractivity contribution is 5.92. The number of ether oxygens (including phenoxy) is 1. The van der Waals surface area contributed by atoms with E-state index in [0.29, 0.717) is 30.7 Å². The van der Waals surface area contributed by atoms with Crippen molar-refractivity contribution in [1.29, 1.82) is 0 Å². The number of aromatic nitrogens is 1. The Bertz CT molecular complexity index is 1220. The number of hydrogen-bond acceptors (Lipinski definition) is 5. The Balaban J connectivity index is 1.41. The molecule has 1 aliphatic heterocycles. The first-order valence-corrected chi connectivity index (χ1v) is 12.5. The van der Waals surface area contributed by atoms with Crippen LogP contribution >= 0.6 is 0 Å². The maximum absolute atomic E-state index is 14.8. The molecule has 2 amide bonds. The molecule has 0 bridgehead atoms. The number of nitrogens with one attached hydrogen (secondary N) is 3. The number of carbonyl (C=O) groups is 2. The SMILES string of the molecule is O=C(O)NC[C@@H]1CO[C@H](CCc2c(F)cncc2NC(=O)CC(c2ccc(F)cc2)c2ccc(F)cc2)CN1. The van der Waals surface area contributed by atoms with Gasteiger partial charge in [-0.1, -0.05) is 24.3 Å². The quantitative estimate of drug-likeness (QED) is 0.305. The van der Waals surface area contributed by atoms with Crippen molar-refractivity contribution in [3.63, 3.8) is 0 Å². The van der Waals surface area contributed by atoms with E-state index in [2.05, 4.69) is 20.9 Å². The molecule has 2 heterocycles. The number of rotatable bonds is 10. The highest BCUT2D eigenvalue weighted by Gasteiger charge is 2.24. The van der Waals surface area contributed by atoms with Crippen molar-refractivity contribution in [1.82, 2.24) is 15.6 Å². The predicted octanol–water partition coefficient (Wildman–Crippen LogP) is 4.22. The lowest BCUT2D eigenvalue weighted by Gasteiger charge is -2.30. The molecular weight excluding hydrogens is 513 g/mol. The van der Waals surface area contributed by atoms with Gasteiger partial charge in [0.2, 0.25) is 5.91 Å². The first-order valence-electron chi connectivity index (χ1n) is 12.5. The van der Waals surface area contributed by atoms with Crippen LogP contribution in [0, 0.1) is 17.5 Å². The van der Waals surface area contributed by atoms with Gasteiger partial charge in [-0.3, -0.25) is 9.78 Å². The summed E-state index contributed by atoms with van der Waals surface area (Å²) in [5.74, 6) is -2.29. The molecule has 2 aromatic carbocycles. The molecule has 4 rings (SSSR count). The molecular formula is C28H29F3N4O4. The summed E-state index contributed by atoms with van der Waals surface area (Å²) >= 11 is 0. The van der Waals surface area contributed by atoms with Crippen LogP contribution in [0.4, 0.5) is 23.7 Å². The molecule has 1 aliphatic rings. The maximum Gasteiger partial charge on any atom is 0.404 e. The predicted molar refractivity (Wildman–Crippen MR) is 138 cm³/mol. The third-order valence-corrected chi connectivity index (χ3v) is 6.60. The number of carbonyl (C=O) groups excluding carboxylic acids is 1. The van der Waals surface area contributed by atoms with E-state index in [9.17, 15) is 22.8 Å². The van der Waals surface area contributed by atoms with Crippen molar-refractivity contribution < 1.29 is 32.6 Å². The highest BCUT2D eigenvalue weighted by atomic mass is 19.1. The maximum atomic E-state index is 14.8. The molecule has 2 atom stereocenters. The van der Waals surface area contributed by atoms with Crippen molar-refractivity contribution in [2.45, 2.75) is 37.3 Å². The zero-order valence-corrected chi connectivity index (χ0v) is 21.0. The van der Waals surface area contributed by atoms with Crippen LogP contribution < -0.4 is 16.0 Å². The van der Waals surface area contributed by atoms with Gasteiger partial charge in [0.25, 0.3) is 0 Å². The van der Waals surface area contributed by atoms with Gasteiger partial charge in [-0.25, -0.2) is 18.0 Å². The van der Waals surface area contributed by atoms with E-state index < -0.39 is 35.4 Å². The fourth-order valence-electron chi connectivity index (χ4n) is 4.53. The minimum Gasteiger partial charge on any atom is -0.465 e. The van der Waals surface area contributed by atoms with E-state index in [4.69, 9.17) is 9.84 Å². The van der Waals surface area contributed by atoms with Crippen molar-refractivity contribution in [3.8, 4) is 0 Å². The van der Waals surface area contributed by atoms with E-state index in [1.54, 1.807) is 24.3 Å². The summed E-state index contributed by atoms with van der Waals surface area (Å²) in [6.45, 7) is 0.993. The third-order valence-electron chi connectivity index (χ3n) is 6.60. The molecule has 0 saturated carbocycles. The molecule has 0 unspecified atom stereocenters. The minimum atomic E-state index is -1.11. The number of hydrogen-bond donors (Lipinski definition) is 4. The Labute approximate surface area is 223 Å². The summed E-state index contributed by atoms with van der Waals surface area (Å²) in [5, 5.41) is 17.0. The van der Waals surface area contributed by atoms with Crippen LogP contribution in [0.5, 0.6) is 0 Å². The molecule has 11 heteroatoms. The molecule has 8 nitrogen and oxygen atoms in total. The smallest absolute Gasteiger partial charge is 0.404 e. The molecule has 39 heavy (non-hydrogen) atoms. The zero-order chi connectivity index (χ0) is 27.8. The van der Waals surface area contributed by atoms with Gasteiger partial charge in [0.1, 0.15) is 17.5 Å². The summed E-state index contributed by atoms with van der Waals surface area (Å²) in [6.07, 6.45) is 1.82. The van der Waals surface area contributed by atoms with Gasteiger partial charge in [0, 0.05) is 37.0 Å². The van der Waals surface area contributed by atoms with E-state index in [-0.39, 0.29) is 42.8 Å². The largest absolute Gasteiger partial charge is 0.465 e. The minimum absolute atomic E-state index is 0.0470. The number of carboxylic acid groups (broad SMARTS) is 1. The van der Waals surface area contributed by atoms with Gasteiger partial charge in [0.15, 0.2) is 0 Å². The lowest BCUT2D eigenvalue weighted by atomic mass is 9.88. The van der Waals surface area contributed by atoms with Gasteiger partial charge in [-0.15, -0.1) is 0 Å². The van der Waals surface area contributed by atoms with Crippen molar-refractivity contribution in [3.05, 3.63) is 95.1 Å². The second-order valence-corrected chi connectivity index (χ2v) is 9.34. The summed E-state index contributed by atoms with van der Waals surface area (Å²) in [6, 6.07) is 11.3. The summed E-state index contributed by atoms with van der Waals surface area (Å²) in [5.41, 5.74) is 1.88. The first-order chi connectivity index (χ1) is 18.8. The van der Waals surface area contributed by atoms with Gasteiger partial charge in [-0.05, 0) is 48.2 Å². The molecule has 1 fully saturated rings. The normalized spacial score (nSPS) is 17.1. The van der Waals surface area contributed by atoms with Crippen LogP contribution in [0.25, 0.3) is 0 Å². The number of amides is 2. The second kappa shape index (κ2) is 13.2. The molecule has 1 saturated heterocycles. The van der Waals surface area contributed by atoms with E-state index in [1.165, 1.54) is 30.5 Å². The number of benzene rings is 2. The molecule has 0 spiro atoms. The van der Waals surface area contributed by atoms with E-state index >= 15 is 0 Å². The first kappa shape index (κ1) is 28.1. The topological polar surface area (TPSA) is 113 Å². The molecule has 0 radical (unpaired) electrons. The number of halogens is 3. The fourth-order valence-corrected chi connectivity index (χ4v) is 4.53. The van der Waals surface area contributed by atoms with Crippen LogP contribution in [0.1, 0.15) is 35.4 Å². The summed E-state index contributed by atoms with van der Waals surface area (Å²) < 4.78 is 47.6.